The smallest absolute Gasteiger partial charge is 0.323 e. The van der Waals surface area contributed by atoms with Crippen molar-refractivity contribution in [2.24, 2.45) is 0 Å². The van der Waals surface area contributed by atoms with Crippen molar-refractivity contribution < 1.29 is 23.4 Å². The molecule has 0 aliphatic carbocycles. The van der Waals surface area contributed by atoms with Crippen molar-refractivity contribution >= 4 is 16.6 Å². The van der Waals surface area contributed by atoms with Crippen LogP contribution in [0, 0.1) is 0 Å². The molecule has 2 aromatic carbocycles. The van der Waals surface area contributed by atoms with E-state index in [4.69, 9.17) is 9.47 Å². The second-order valence-electron chi connectivity index (χ2n) is 10.00. The maximum absolute atomic E-state index is 12.5. The molecule has 0 amide bonds. The van der Waals surface area contributed by atoms with Gasteiger partial charge >= 0.3 is 5.97 Å². The van der Waals surface area contributed by atoms with E-state index in [1.807, 2.05) is 24.3 Å². The van der Waals surface area contributed by atoms with Gasteiger partial charge in [-0.15, -0.1) is 0 Å². The summed E-state index contributed by atoms with van der Waals surface area (Å²) in [7, 11) is -1.56. The van der Waals surface area contributed by atoms with Gasteiger partial charge in [-0.25, -0.2) is 0 Å². The Morgan fingerprint density at radius 3 is 2.61 bits per heavy atom. The molecule has 2 aliphatic rings. The van der Waals surface area contributed by atoms with Gasteiger partial charge in [0.1, 0.15) is 18.4 Å². The Labute approximate surface area is 216 Å². The number of carbonyl (C=O) groups excluding carboxylic acids is 1. The number of methoxy groups -OCH3 is 1. The second kappa shape index (κ2) is 11.5. The minimum atomic E-state index is -3.14. The third-order valence-corrected chi connectivity index (χ3v) is 9.55. The van der Waals surface area contributed by atoms with Crippen LogP contribution in [-0.4, -0.2) is 46.1 Å². The van der Waals surface area contributed by atoms with Crippen LogP contribution in [0.25, 0.3) is 0 Å². The lowest BCUT2D eigenvalue weighted by molar-refractivity contribution is -0.147. The molecule has 7 nitrogen and oxygen atoms in total. The zero-order valence-electron chi connectivity index (χ0n) is 21.6. The molecule has 4 rings (SSSR count). The third-order valence-electron chi connectivity index (χ3n) is 7.54. The molecular formula is C28H40N2O5S. The highest BCUT2D eigenvalue weighted by atomic mass is 32.3. The maximum atomic E-state index is 12.5. The van der Waals surface area contributed by atoms with Gasteiger partial charge in [0.25, 0.3) is 0 Å². The fraction of sp³-hybridized carbons (Fsp3) is 0.536. The molecule has 0 aromatic heterocycles. The highest BCUT2D eigenvalue weighted by Crippen LogP contribution is 2.58. The Balaban J connectivity index is 1.77. The molecule has 0 bridgehead atoms. The lowest BCUT2D eigenvalue weighted by atomic mass is 9.88. The van der Waals surface area contributed by atoms with E-state index in [1.165, 1.54) is 0 Å². The normalized spacial score (nSPS) is 26.0. The molecular weight excluding hydrogens is 476 g/mol. The third kappa shape index (κ3) is 5.73. The number of esters is 1. The summed E-state index contributed by atoms with van der Waals surface area (Å²) in [4.78, 5) is 13.0. The Bertz CT molecular complexity index is 1040. The quantitative estimate of drug-likeness (QED) is 0.321. The van der Waals surface area contributed by atoms with Crippen molar-refractivity contribution in [2.45, 2.75) is 81.5 Å². The highest BCUT2D eigenvalue weighted by Gasteiger charge is 2.42. The maximum Gasteiger partial charge on any atom is 0.323 e. The molecule has 0 spiro atoms. The monoisotopic (exact) mass is 516 g/mol. The molecule has 198 valence electrons. The number of fused-ring (bicyclic) bond motifs is 1. The molecule has 36 heavy (non-hydrogen) atoms. The predicted octanol–water partition coefficient (Wildman–Crippen LogP) is 5.63. The summed E-state index contributed by atoms with van der Waals surface area (Å²) < 4.78 is 34.6. The lowest BCUT2D eigenvalue weighted by Crippen LogP contribution is -2.49. The summed E-state index contributed by atoms with van der Waals surface area (Å²) in [6.07, 6.45) is 5.37. The van der Waals surface area contributed by atoms with E-state index in [-0.39, 0.29) is 30.4 Å². The Morgan fingerprint density at radius 2 is 1.97 bits per heavy atom. The molecule has 2 aromatic rings. The standard InChI is InChI=1S/C28H40N2O5S/c1-4-6-14-28(5-2)19-36(32,33)25-16-21(18-35-27(31)23-13-10-15-29-23)24(34-3)17-22(25)26(30-28)20-11-8-7-9-12-20/h7-9,11-12,16-17,23,26,29-30,32-33H,4-6,10,13-15,18-19H2,1-3H3/t23-,26-,28-/m1/s1. The van der Waals surface area contributed by atoms with Crippen molar-refractivity contribution in [2.75, 3.05) is 19.4 Å². The van der Waals surface area contributed by atoms with E-state index in [0.29, 0.717) is 16.2 Å². The van der Waals surface area contributed by atoms with Gasteiger partial charge in [-0.1, -0.05) is 57.0 Å². The van der Waals surface area contributed by atoms with Crippen LogP contribution in [0.15, 0.2) is 47.4 Å². The van der Waals surface area contributed by atoms with Crippen molar-refractivity contribution in [1.29, 1.82) is 0 Å². The molecule has 8 heteroatoms. The van der Waals surface area contributed by atoms with Crippen LogP contribution in [0.4, 0.5) is 0 Å². The van der Waals surface area contributed by atoms with Gasteiger partial charge in [-0.3, -0.25) is 19.2 Å². The van der Waals surface area contributed by atoms with Crippen LogP contribution in [0.3, 0.4) is 0 Å². The van der Waals surface area contributed by atoms with Crippen molar-refractivity contribution in [3.8, 4) is 5.75 Å². The first-order valence-corrected chi connectivity index (χ1v) is 14.7. The lowest BCUT2D eigenvalue weighted by Gasteiger charge is -2.42. The summed E-state index contributed by atoms with van der Waals surface area (Å²) in [5.74, 6) is 0.519. The number of carbonyl (C=O) groups is 1. The topological polar surface area (TPSA) is 100 Å². The van der Waals surface area contributed by atoms with Crippen LogP contribution < -0.4 is 15.4 Å². The van der Waals surface area contributed by atoms with Gasteiger partial charge in [-0.2, -0.15) is 10.6 Å². The zero-order valence-corrected chi connectivity index (χ0v) is 22.4. The zero-order chi connectivity index (χ0) is 25.8. The van der Waals surface area contributed by atoms with Crippen LogP contribution in [-0.2, 0) is 16.1 Å². The number of nitrogens with one attached hydrogen (secondary N) is 2. The number of hydrogen-bond acceptors (Lipinski definition) is 7. The van der Waals surface area contributed by atoms with Gasteiger partial charge in [0, 0.05) is 16.7 Å². The molecule has 1 fully saturated rings. The fourth-order valence-electron chi connectivity index (χ4n) is 5.40. The molecule has 2 aliphatic heterocycles. The second-order valence-corrected chi connectivity index (χ2v) is 12.1. The van der Waals surface area contributed by atoms with Gasteiger partial charge in [0.2, 0.25) is 0 Å². The van der Waals surface area contributed by atoms with Crippen molar-refractivity contribution in [1.82, 2.24) is 10.6 Å². The summed E-state index contributed by atoms with van der Waals surface area (Å²) in [5, 5.41) is 7.01. The number of benzene rings is 2. The van der Waals surface area contributed by atoms with Crippen molar-refractivity contribution in [3.05, 3.63) is 59.2 Å². The SMILES string of the molecule is CCCC[C@]1(CC)CS(O)(O)c2cc(COC(=O)[C@H]3CCCN3)c(OC)cc2[C@@H](c2ccccc2)N1. The van der Waals surface area contributed by atoms with Gasteiger partial charge < -0.3 is 14.8 Å². The minimum absolute atomic E-state index is 0.0151. The first-order chi connectivity index (χ1) is 17.3. The van der Waals surface area contributed by atoms with Crippen LogP contribution in [0.1, 0.15) is 75.1 Å². The summed E-state index contributed by atoms with van der Waals surface area (Å²) >= 11 is 0. The number of hydrogen-bond donors (Lipinski definition) is 4. The summed E-state index contributed by atoms with van der Waals surface area (Å²) in [6, 6.07) is 13.3. The molecule has 4 N–H and O–H groups in total. The van der Waals surface area contributed by atoms with Gasteiger partial charge in [0.15, 0.2) is 0 Å². The van der Waals surface area contributed by atoms with E-state index in [2.05, 4.69) is 36.6 Å². The Kier molecular flexibility index (Phi) is 8.63. The van der Waals surface area contributed by atoms with Crippen LogP contribution in [0.5, 0.6) is 5.75 Å². The molecule has 0 unspecified atom stereocenters. The predicted molar refractivity (Wildman–Crippen MR) is 144 cm³/mol. The molecule has 0 saturated carbocycles. The number of unbranched alkanes of at least 4 members (excludes halogenated alkanes) is 1. The first-order valence-electron chi connectivity index (χ1n) is 13.0. The molecule has 1 saturated heterocycles. The molecule has 0 radical (unpaired) electrons. The largest absolute Gasteiger partial charge is 0.496 e. The first kappa shape index (κ1) is 26.9. The van der Waals surface area contributed by atoms with E-state index >= 15 is 0 Å². The van der Waals surface area contributed by atoms with E-state index in [1.54, 1.807) is 13.2 Å². The number of rotatable bonds is 9. The minimum Gasteiger partial charge on any atom is -0.496 e. The highest BCUT2D eigenvalue weighted by molar-refractivity contribution is 8.24. The van der Waals surface area contributed by atoms with Crippen LogP contribution >= 0.6 is 10.6 Å². The average Bonchev–Trinajstić information content (AvgIpc) is 3.41. The Morgan fingerprint density at radius 1 is 1.19 bits per heavy atom. The van der Waals surface area contributed by atoms with Gasteiger partial charge in [0.05, 0.1) is 23.8 Å². The van der Waals surface area contributed by atoms with Crippen molar-refractivity contribution in [3.63, 3.8) is 0 Å². The van der Waals surface area contributed by atoms with E-state index in [9.17, 15) is 13.9 Å². The molecule has 2 heterocycles. The Hall–Kier alpha value is -2.10. The molecule has 3 atom stereocenters. The fourth-order valence-corrected chi connectivity index (χ4v) is 7.65. The van der Waals surface area contributed by atoms with E-state index in [0.717, 1.165) is 56.2 Å². The summed E-state index contributed by atoms with van der Waals surface area (Å²) in [5.41, 5.74) is 2.05. The summed E-state index contributed by atoms with van der Waals surface area (Å²) in [6.45, 7) is 5.09. The van der Waals surface area contributed by atoms with Gasteiger partial charge in [-0.05, 0) is 49.9 Å². The average molecular weight is 517 g/mol. The number of ether oxygens (including phenoxy) is 2. The van der Waals surface area contributed by atoms with E-state index < -0.39 is 16.1 Å². The van der Waals surface area contributed by atoms with Crippen LogP contribution in [0.2, 0.25) is 0 Å².